The Hall–Kier alpha value is -0.321. The van der Waals surface area contributed by atoms with E-state index in [9.17, 15) is 0 Å². The average Bonchev–Trinajstić information content (AvgIpc) is 2.51. The molecule has 0 aromatic carbocycles. The molecule has 22 heavy (non-hydrogen) atoms. The fraction of sp³-hybridized carbons (Fsp3) is 0.778. The molecule has 0 amide bonds. The van der Waals surface area contributed by atoms with E-state index in [-0.39, 0.29) is 0 Å². The van der Waals surface area contributed by atoms with Crippen LogP contribution < -0.4 is 9.44 Å². The van der Waals surface area contributed by atoms with Gasteiger partial charge in [0.25, 0.3) is 0 Å². The first-order valence-corrected chi connectivity index (χ1v) is 16.6. The van der Waals surface area contributed by atoms with Crippen molar-refractivity contribution in [1.82, 2.24) is 9.97 Å². The quantitative estimate of drug-likeness (QED) is 0.566. The third-order valence-corrected chi connectivity index (χ3v) is 20.3. The Labute approximate surface area is 141 Å². The van der Waals surface area contributed by atoms with Crippen LogP contribution in [0.4, 0.5) is 5.82 Å². The van der Waals surface area contributed by atoms with Gasteiger partial charge in [-0.2, -0.15) is 0 Å². The molecular formula is C18H35N3Sn. The molecule has 0 aliphatic carbocycles. The molecule has 0 radical (unpaired) electrons. The maximum atomic E-state index is 5.98. The molecule has 1 aromatic rings. The van der Waals surface area contributed by atoms with Gasteiger partial charge in [0.05, 0.1) is 0 Å². The molecule has 126 valence electrons. The van der Waals surface area contributed by atoms with Crippen LogP contribution in [-0.2, 0) is 0 Å². The van der Waals surface area contributed by atoms with Crippen LogP contribution in [0, 0.1) is 13.8 Å². The van der Waals surface area contributed by atoms with Crippen LogP contribution >= 0.6 is 0 Å². The Morgan fingerprint density at radius 1 is 0.773 bits per heavy atom. The van der Waals surface area contributed by atoms with Crippen molar-refractivity contribution >= 4 is 27.9 Å². The number of nitrogens with zero attached hydrogens (tertiary/aromatic N) is 2. The van der Waals surface area contributed by atoms with Gasteiger partial charge in [-0.05, 0) is 0 Å². The average molecular weight is 412 g/mol. The summed E-state index contributed by atoms with van der Waals surface area (Å²) in [6, 6.07) is 0. The second-order valence-electron chi connectivity index (χ2n) is 6.72. The molecule has 0 saturated carbocycles. The Bertz CT molecular complexity index is 438. The van der Waals surface area contributed by atoms with Crippen LogP contribution in [0.5, 0.6) is 0 Å². The summed E-state index contributed by atoms with van der Waals surface area (Å²) in [4.78, 5) is 9.64. The first kappa shape index (κ1) is 19.7. The van der Waals surface area contributed by atoms with Crippen molar-refractivity contribution in [2.45, 2.75) is 86.5 Å². The number of nitrogen functional groups attached to an aromatic ring is 1. The summed E-state index contributed by atoms with van der Waals surface area (Å²) in [6.07, 6.45) is 7.93. The first-order chi connectivity index (χ1) is 10.5. The number of hydrogen-bond acceptors (Lipinski definition) is 3. The molecule has 0 bridgehead atoms. The SMILES string of the molecule is CCC[CH2][Sn]([CH2]CCC)([CH2]CCC)[c]1nc(C)c(N)nc1C. The Kier molecular flexibility index (Phi) is 8.73. The third-order valence-electron chi connectivity index (χ3n) is 4.81. The molecule has 0 spiro atoms. The summed E-state index contributed by atoms with van der Waals surface area (Å²) in [6.45, 7) is 11.1. The number of hydrogen-bond donors (Lipinski definition) is 1. The standard InChI is InChI=1S/C6H8N3.3C4H9.Sn/c1-4-3-8-5(2)6(7)9-4;3*1-3-4-2;/h1-2H3,(H2,7,9);3*1,3-4H2,2H3;. The van der Waals surface area contributed by atoms with Crippen molar-refractivity contribution in [1.29, 1.82) is 0 Å². The van der Waals surface area contributed by atoms with E-state index < -0.39 is 18.4 Å². The zero-order chi connectivity index (χ0) is 16.6. The monoisotopic (exact) mass is 413 g/mol. The van der Waals surface area contributed by atoms with Crippen molar-refractivity contribution in [3.05, 3.63) is 11.4 Å². The zero-order valence-corrected chi connectivity index (χ0v) is 18.2. The van der Waals surface area contributed by atoms with Gasteiger partial charge in [-0.1, -0.05) is 0 Å². The number of nitrogens with two attached hydrogens (primary N) is 1. The van der Waals surface area contributed by atoms with Crippen LogP contribution in [0.2, 0.25) is 13.3 Å². The van der Waals surface area contributed by atoms with E-state index in [4.69, 9.17) is 10.7 Å². The van der Waals surface area contributed by atoms with Crippen LogP contribution in [0.25, 0.3) is 0 Å². The summed E-state index contributed by atoms with van der Waals surface area (Å²) < 4.78 is 5.73. The molecule has 1 heterocycles. The second kappa shape index (κ2) is 9.74. The topological polar surface area (TPSA) is 51.8 Å². The third kappa shape index (κ3) is 5.10. The normalized spacial score (nSPS) is 11.9. The van der Waals surface area contributed by atoms with E-state index in [0.29, 0.717) is 5.82 Å². The molecule has 0 atom stereocenters. The predicted molar refractivity (Wildman–Crippen MR) is 100 cm³/mol. The first-order valence-electron chi connectivity index (χ1n) is 9.12. The predicted octanol–water partition coefficient (Wildman–Crippen LogP) is 4.73. The van der Waals surface area contributed by atoms with Crippen molar-refractivity contribution in [2.24, 2.45) is 0 Å². The number of aryl methyl sites for hydroxylation is 2. The van der Waals surface area contributed by atoms with Crippen LogP contribution in [0.3, 0.4) is 0 Å². The van der Waals surface area contributed by atoms with Crippen LogP contribution in [-0.4, -0.2) is 28.3 Å². The summed E-state index contributed by atoms with van der Waals surface area (Å²) in [5.74, 6) is 0.614. The molecular weight excluding hydrogens is 377 g/mol. The van der Waals surface area contributed by atoms with Gasteiger partial charge < -0.3 is 0 Å². The van der Waals surface area contributed by atoms with Gasteiger partial charge >= 0.3 is 141 Å². The molecule has 3 nitrogen and oxygen atoms in total. The molecule has 0 fully saturated rings. The summed E-state index contributed by atoms with van der Waals surface area (Å²) in [5.41, 5.74) is 8.05. The Balaban J connectivity index is 3.27. The maximum absolute atomic E-state index is 5.98. The van der Waals surface area contributed by atoms with Gasteiger partial charge in [0.1, 0.15) is 0 Å². The van der Waals surface area contributed by atoms with E-state index in [0.717, 1.165) is 11.4 Å². The molecule has 2 N–H and O–H groups in total. The van der Waals surface area contributed by atoms with Crippen LogP contribution in [0.1, 0.15) is 70.7 Å². The minimum absolute atomic E-state index is 0.614. The van der Waals surface area contributed by atoms with Gasteiger partial charge in [0, 0.05) is 0 Å². The number of unbranched alkanes of at least 4 members (excludes halogenated alkanes) is 3. The van der Waals surface area contributed by atoms with Gasteiger partial charge in [-0.25, -0.2) is 0 Å². The van der Waals surface area contributed by atoms with Crippen LogP contribution in [0.15, 0.2) is 0 Å². The zero-order valence-electron chi connectivity index (χ0n) is 15.3. The van der Waals surface area contributed by atoms with E-state index in [1.165, 1.54) is 55.5 Å². The number of rotatable bonds is 10. The van der Waals surface area contributed by atoms with E-state index in [1.807, 2.05) is 6.92 Å². The molecule has 0 aliphatic rings. The molecule has 0 saturated heterocycles. The Morgan fingerprint density at radius 2 is 1.23 bits per heavy atom. The van der Waals surface area contributed by atoms with Crippen molar-refractivity contribution in [3.8, 4) is 0 Å². The molecule has 1 aromatic heterocycles. The van der Waals surface area contributed by atoms with E-state index in [1.54, 1.807) is 0 Å². The van der Waals surface area contributed by atoms with E-state index in [2.05, 4.69) is 32.7 Å². The molecule has 4 heteroatoms. The molecule has 0 aliphatic heterocycles. The Morgan fingerprint density at radius 3 is 1.64 bits per heavy atom. The fourth-order valence-corrected chi connectivity index (χ4v) is 19.9. The molecule has 1 rings (SSSR count). The minimum atomic E-state index is -2.46. The van der Waals surface area contributed by atoms with E-state index >= 15 is 0 Å². The number of anilines is 1. The fourth-order valence-electron chi connectivity index (χ4n) is 3.40. The number of aromatic nitrogens is 2. The van der Waals surface area contributed by atoms with Crippen molar-refractivity contribution in [3.63, 3.8) is 0 Å². The van der Waals surface area contributed by atoms with Gasteiger partial charge in [0.15, 0.2) is 0 Å². The molecule has 0 unspecified atom stereocenters. The van der Waals surface area contributed by atoms with Crippen molar-refractivity contribution < 1.29 is 0 Å². The van der Waals surface area contributed by atoms with Gasteiger partial charge in [-0.3, -0.25) is 0 Å². The van der Waals surface area contributed by atoms with Crippen molar-refractivity contribution in [2.75, 3.05) is 5.73 Å². The van der Waals surface area contributed by atoms with Gasteiger partial charge in [-0.15, -0.1) is 0 Å². The summed E-state index contributed by atoms with van der Waals surface area (Å²) in [7, 11) is 0. The second-order valence-corrected chi connectivity index (χ2v) is 19.7. The summed E-state index contributed by atoms with van der Waals surface area (Å²) >= 11 is -2.46. The summed E-state index contributed by atoms with van der Waals surface area (Å²) in [5, 5.41) is 0. The van der Waals surface area contributed by atoms with Gasteiger partial charge in [0.2, 0.25) is 0 Å².